The van der Waals surface area contributed by atoms with Gasteiger partial charge in [-0.1, -0.05) is 37.3 Å². The lowest BCUT2D eigenvalue weighted by Gasteiger charge is -2.30. The summed E-state index contributed by atoms with van der Waals surface area (Å²) in [6, 6.07) is 19.9. The molecule has 0 saturated carbocycles. The molecule has 2 saturated heterocycles. The second-order valence-electron chi connectivity index (χ2n) is 11.1. The van der Waals surface area contributed by atoms with Crippen LogP contribution in [-0.2, 0) is 37.6 Å². The molecule has 2 fully saturated rings. The van der Waals surface area contributed by atoms with Crippen LogP contribution in [0.25, 0.3) is 10.9 Å². The second kappa shape index (κ2) is 9.14. The van der Waals surface area contributed by atoms with Crippen LogP contribution in [0, 0.1) is 11.8 Å². The van der Waals surface area contributed by atoms with Gasteiger partial charge in [0.1, 0.15) is 5.54 Å². The van der Waals surface area contributed by atoms with Crippen LogP contribution in [0.1, 0.15) is 30.5 Å². The Morgan fingerprint density at radius 2 is 1.78 bits per heavy atom. The minimum atomic E-state index is -1.38. The van der Waals surface area contributed by atoms with Gasteiger partial charge in [-0.05, 0) is 60.4 Å². The summed E-state index contributed by atoms with van der Waals surface area (Å²) >= 11 is 0. The minimum Gasteiger partial charge on any atom is -0.361 e. The zero-order valence-electron chi connectivity index (χ0n) is 22.7. The molecule has 41 heavy (non-hydrogen) atoms. The van der Waals surface area contributed by atoms with Crippen molar-refractivity contribution in [1.29, 1.82) is 0 Å². The van der Waals surface area contributed by atoms with Crippen molar-refractivity contribution in [3.63, 3.8) is 0 Å². The van der Waals surface area contributed by atoms with Crippen LogP contribution in [0.4, 0.5) is 17.1 Å². The summed E-state index contributed by atoms with van der Waals surface area (Å²) < 4.78 is 0. The Balaban J connectivity index is 1.34. The molecule has 0 unspecified atom stereocenters. The number of carbonyl (C=O) groups excluding carboxylic acids is 4. The van der Waals surface area contributed by atoms with Gasteiger partial charge < -0.3 is 15.6 Å². The van der Waals surface area contributed by atoms with Crippen molar-refractivity contribution in [3.8, 4) is 0 Å². The standard InChI is InChI=1S/C32H29N5O4/c1-3-18-8-13-25-23(14-18)32(31(41)35-25)28-27(26(36-32)15-19-16-33-24-7-5-4-6-22(19)24)29(39)37(30(28)40)21-11-9-20(10-12-21)34-17(2)38/h4-14,16,26-28,33,36H,3,15H2,1-2H3,(H,34,38)(H,35,41)/t26-,27+,28-,32+/m0/s1. The number of para-hydroxylation sites is 1. The van der Waals surface area contributed by atoms with Crippen molar-refractivity contribution in [1.82, 2.24) is 10.3 Å². The number of amides is 4. The maximum atomic E-state index is 14.3. The van der Waals surface area contributed by atoms with Gasteiger partial charge in [0.05, 0.1) is 17.5 Å². The zero-order chi connectivity index (χ0) is 28.5. The summed E-state index contributed by atoms with van der Waals surface area (Å²) in [6.45, 7) is 3.46. The van der Waals surface area contributed by atoms with Gasteiger partial charge in [-0.25, -0.2) is 4.90 Å². The van der Waals surface area contributed by atoms with E-state index in [9.17, 15) is 19.2 Å². The van der Waals surface area contributed by atoms with E-state index in [4.69, 9.17) is 0 Å². The molecule has 4 heterocycles. The van der Waals surface area contributed by atoms with Crippen LogP contribution in [-0.4, -0.2) is 34.7 Å². The van der Waals surface area contributed by atoms with E-state index in [1.54, 1.807) is 24.3 Å². The zero-order valence-corrected chi connectivity index (χ0v) is 22.7. The quantitative estimate of drug-likeness (QED) is 0.283. The van der Waals surface area contributed by atoms with E-state index >= 15 is 0 Å². The van der Waals surface area contributed by atoms with E-state index < -0.39 is 29.3 Å². The maximum Gasteiger partial charge on any atom is 0.250 e. The third-order valence-electron chi connectivity index (χ3n) is 8.75. The highest BCUT2D eigenvalue weighted by Gasteiger charge is 2.70. The van der Waals surface area contributed by atoms with Crippen molar-refractivity contribution in [2.45, 2.75) is 38.3 Å². The van der Waals surface area contributed by atoms with Crippen LogP contribution in [0.15, 0.2) is 72.9 Å². The number of H-pyrrole nitrogens is 1. The number of aromatic nitrogens is 1. The van der Waals surface area contributed by atoms with E-state index in [2.05, 4.69) is 20.9 Å². The first-order valence-corrected chi connectivity index (χ1v) is 13.8. The number of nitrogens with one attached hydrogen (secondary N) is 4. The monoisotopic (exact) mass is 547 g/mol. The lowest BCUT2D eigenvalue weighted by molar-refractivity contribution is -0.130. The molecule has 0 aliphatic carbocycles. The Hall–Kier alpha value is -4.76. The molecule has 9 heteroatoms. The molecule has 4 N–H and O–H groups in total. The Morgan fingerprint density at radius 3 is 2.54 bits per heavy atom. The molecule has 3 aliphatic rings. The first-order chi connectivity index (χ1) is 19.8. The molecular formula is C32H29N5O4. The highest BCUT2D eigenvalue weighted by atomic mass is 16.2. The molecule has 9 nitrogen and oxygen atoms in total. The number of imide groups is 1. The Bertz CT molecular complexity index is 1760. The number of fused-ring (bicyclic) bond motifs is 5. The maximum absolute atomic E-state index is 14.3. The van der Waals surface area contributed by atoms with Crippen molar-refractivity contribution in [2.75, 3.05) is 15.5 Å². The summed E-state index contributed by atoms with van der Waals surface area (Å²) in [5.74, 6) is -2.96. The number of anilines is 3. The summed E-state index contributed by atoms with van der Waals surface area (Å²) in [7, 11) is 0. The lowest BCUT2D eigenvalue weighted by Crippen LogP contribution is -2.53. The van der Waals surface area contributed by atoms with Crippen molar-refractivity contribution in [2.24, 2.45) is 11.8 Å². The van der Waals surface area contributed by atoms with Gasteiger partial charge in [0, 0.05) is 47.0 Å². The number of aryl methyl sites for hydroxylation is 1. The van der Waals surface area contributed by atoms with Crippen molar-refractivity contribution >= 4 is 51.6 Å². The van der Waals surface area contributed by atoms with Crippen molar-refractivity contribution in [3.05, 3.63) is 89.6 Å². The predicted octanol–water partition coefficient (Wildman–Crippen LogP) is 3.86. The average Bonchev–Trinajstić information content (AvgIpc) is 3.67. The third kappa shape index (κ3) is 3.65. The highest BCUT2D eigenvalue weighted by molar-refractivity contribution is 6.26. The normalized spacial score (nSPS) is 24.7. The van der Waals surface area contributed by atoms with Crippen molar-refractivity contribution < 1.29 is 19.2 Å². The fraction of sp³-hybridized carbons (Fsp3) is 0.250. The van der Waals surface area contributed by atoms with Gasteiger partial charge in [0.25, 0.3) is 0 Å². The summed E-state index contributed by atoms with van der Waals surface area (Å²) in [6.07, 6.45) is 3.16. The Morgan fingerprint density at radius 1 is 1.00 bits per heavy atom. The molecule has 4 amide bonds. The average molecular weight is 548 g/mol. The number of carbonyl (C=O) groups is 4. The minimum absolute atomic E-state index is 0.217. The fourth-order valence-corrected chi connectivity index (χ4v) is 6.93. The van der Waals surface area contributed by atoms with Gasteiger partial charge in [0.2, 0.25) is 23.6 Å². The van der Waals surface area contributed by atoms with Crippen LogP contribution in [0.3, 0.4) is 0 Å². The fourth-order valence-electron chi connectivity index (χ4n) is 6.93. The third-order valence-corrected chi connectivity index (χ3v) is 8.75. The van der Waals surface area contributed by atoms with Gasteiger partial charge in [-0.2, -0.15) is 0 Å². The molecule has 1 spiro atoms. The molecule has 0 radical (unpaired) electrons. The van der Waals surface area contributed by atoms with Crippen LogP contribution < -0.4 is 20.9 Å². The first-order valence-electron chi connectivity index (χ1n) is 13.8. The van der Waals surface area contributed by atoms with E-state index in [-0.39, 0.29) is 17.7 Å². The molecule has 3 aromatic carbocycles. The van der Waals surface area contributed by atoms with Gasteiger partial charge in [-0.3, -0.25) is 24.5 Å². The van der Waals surface area contributed by atoms with Crippen LogP contribution >= 0.6 is 0 Å². The first kappa shape index (κ1) is 25.2. The number of benzene rings is 3. The van der Waals surface area contributed by atoms with Gasteiger partial charge in [-0.15, -0.1) is 0 Å². The summed E-state index contributed by atoms with van der Waals surface area (Å²) in [4.78, 5) is 58.4. The smallest absolute Gasteiger partial charge is 0.250 e. The predicted molar refractivity (Wildman–Crippen MR) is 155 cm³/mol. The second-order valence-corrected chi connectivity index (χ2v) is 11.1. The molecule has 3 aliphatic heterocycles. The summed E-state index contributed by atoms with van der Waals surface area (Å²) in [5.41, 5.74) is 4.00. The van der Waals surface area contributed by atoms with E-state index in [0.29, 0.717) is 29.0 Å². The number of hydrogen-bond donors (Lipinski definition) is 4. The van der Waals surface area contributed by atoms with Crippen LogP contribution in [0.2, 0.25) is 0 Å². The molecule has 4 atom stereocenters. The Kier molecular flexibility index (Phi) is 5.62. The lowest BCUT2D eigenvalue weighted by atomic mass is 9.76. The van der Waals surface area contributed by atoms with E-state index in [0.717, 1.165) is 28.5 Å². The summed E-state index contributed by atoms with van der Waals surface area (Å²) in [5, 5.41) is 10.3. The topological polar surface area (TPSA) is 123 Å². The molecule has 1 aromatic heterocycles. The molecule has 7 rings (SSSR count). The molecule has 4 aromatic rings. The number of rotatable bonds is 5. The largest absolute Gasteiger partial charge is 0.361 e. The van der Waals surface area contributed by atoms with Crippen LogP contribution in [0.5, 0.6) is 0 Å². The van der Waals surface area contributed by atoms with E-state index in [1.165, 1.54) is 11.8 Å². The molecule has 0 bridgehead atoms. The van der Waals surface area contributed by atoms with E-state index in [1.807, 2.05) is 55.6 Å². The molecular weight excluding hydrogens is 518 g/mol. The van der Waals surface area contributed by atoms with Gasteiger partial charge in [0.15, 0.2) is 0 Å². The number of hydrogen-bond acceptors (Lipinski definition) is 5. The number of aromatic amines is 1. The van der Waals surface area contributed by atoms with Gasteiger partial charge >= 0.3 is 0 Å². The highest BCUT2D eigenvalue weighted by Crippen LogP contribution is 2.54. The SMILES string of the molecule is CCc1ccc2c(c1)[C@]1(N[C@@H](Cc3c[nH]c4ccccc34)[C@H]3C(=O)N(c4ccc(NC(C)=O)cc4)C(=O)[C@H]31)C(=O)N2. The molecule has 206 valence electrons. The Labute approximate surface area is 236 Å². The number of nitrogens with zero attached hydrogens (tertiary/aromatic N) is 1.